The molecule has 0 saturated heterocycles. The molecule has 1 aromatic heterocycles. The molecule has 0 aliphatic rings. The number of aryl methyl sites for hydroxylation is 1. The molecule has 34 heavy (non-hydrogen) atoms. The molecule has 3 aromatic rings. The molecular weight excluding hydrogens is 414 g/mol. The Morgan fingerprint density at radius 3 is 1.85 bits per heavy atom. The lowest BCUT2D eigenvalue weighted by atomic mass is 9.92. The van der Waals surface area contributed by atoms with Gasteiger partial charge in [0, 0.05) is 17.8 Å². The summed E-state index contributed by atoms with van der Waals surface area (Å²) in [6.07, 6.45) is 14.6. The summed E-state index contributed by atoms with van der Waals surface area (Å²) in [5, 5.41) is 0. The fraction of sp³-hybridized carbons (Fsp3) is 0.469. The van der Waals surface area contributed by atoms with Gasteiger partial charge < -0.3 is 4.74 Å². The highest BCUT2D eigenvalue weighted by atomic mass is 16.5. The predicted molar refractivity (Wildman–Crippen MR) is 146 cm³/mol. The Balaban J connectivity index is 1.51. The predicted octanol–water partition coefficient (Wildman–Crippen LogP) is 9.37. The number of aromatic nitrogens is 1. The molecule has 0 bridgehead atoms. The number of ether oxygens (including phenoxy) is 1. The van der Waals surface area contributed by atoms with E-state index in [9.17, 15) is 0 Å². The maximum Gasteiger partial charge on any atom is 0.119 e. The molecule has 0 aliphatic heterocycles. The summed E-state index contributed by atoms with van der Waals surface area (Å²) in [6, 6.07) is 21.9. The molecule has 0 fully saturated rings. The van der Waals surface area contributed by atoms with E-state index in [4.69, 9.17) is 9.72 Å². The Bertz CT molecular complexity index is 928. The third-order valence-corrected chi connectivity index (χ3v) is 6.75. The Hall–Kier alpha value is -2.61. The topological polar surface area (TPSA) is 22.1 Å². The van der Waals surface area contributed by atoms with Crippen LogP contribution in [0.3, 0.4) is 0 Å². The van der Waals surface area contributed by atoms with E-state index in [1.807, 2.05) is 0 Å². The first-order valence-electron chi connectivity index (χ1n) is 13.5. The smallest absolute Gasteiger partial charge is 0.119 e. The lowest BCUT2D eigenvalue weighted by Crippen LogP contribution is -1.99. The van der Waals surface area contributed by atoms with E-state index in [-0.39, 0.29) is 0 Å². The van der Waals surface area contributed by atoms with Gasteiger partial charge in [-0.05, 0) is 59.7 Å². The average Bonchev–Trinajstić information content (AvgIpc) is 2.89. The van der Waals surface area contributed by atoms with Crippen LogP contribution in [0.1, 0.15) is 101 Å². The zero-order valence-corrected chi connectivity index (χ0v) is 21.6. The van der Waals surface area contributed by atoms with E-state index in [0.29, 0.717) is 5.92 Å². The van der Waals surface area contributed by atoms with E-state index in [1.54, 1.807) is 0 Å². The van der Waals surface area contributed by atoms with Crippen LogP contribution < -0.4 is 4.74 Å². The summed E-state index contributed by atoms with van der Waals surface area (Å²) in [6.45, 7) is 7.57. The molecule has 0 radical (unpaired) electrons. The van der Waals surface area contributed by atoms with Crippen LogP contribution in [0.25, 0.3) is 11.1 Å². The van der Waals surface area contributed by atoms with Gasteiger partial charge in [-0.15, -0.1) is 0 Å². The van der Waals surface area contributed by atoms with E-state index < -0.39 is 0 Å². The molecule has 1 unspecified atom stereocenters. The van der Waals surface area contributed by atoms with Gasteiger partial charge in [0.15, 0.2) is 0 Å². The van der Waals surface area contributed by atoms with E-state index in [2.05, 4.69) is 87.6 Å². The molecule has 2 heteroatoms. The third kappa shape index (κ3) is 8.31. The molecule has 1 atom stereocenters. The Labute approximate surface area is 207 Å². The summed E-state index contributed by atoms with van der Waals surface area (Å²) in [5.41, 5.74) is 6.29. The van der Waals surface area contributed by atoms with Gasteiger partial charge >= 0.3 is 0 Å². The van der Waals surface area contributed by atoms with Gasteiger partial charge in [0.1, 0.15) is 5.75 Å². The van der Waals surface area contributed by atoms with Crippen LogP contribution in [0, 0.1) is 0 Å². The van der Waals surface area contributed by atoms with Crippen molar-refractivity contribution in [3.63, 3.8) is 0 Å². The summed E-state index contributed by atoms with van der Waals surface area (Å²) in [4.78, 5) is 4.74. The van der Waals surface area contributed by atoms with Crippen molar-refractivity contribution < 1.29 is 4.74 Å². The van der Waals surface area contributed by atoms with Gasteiger partial charge in [-0.1, -0.05) is 108 Å². The third-order valence-electron chi connectivity index (χ3n) is 6.75. The highest BCUT2D eigenvalue weighted by Gasteiger charge is 2.10. The fourth-order valence-corrected chi connectivity index (χ4v) is 4.37. The summed E-state index contributed by atoms with van der Waals surface area (Å²) >= 11 is 0. The molecule has 0 spiro atoms. The number of pyridine rings is 1. The second-order valence-electron chi connectivity index (χ2n) is 9.52. The molecule has 2 aromatic carbocycles. The van der Waals surface area contributed by atoms with Gasteiger partial charge in [-0.2, -0.15) is 0 Å². The van der Waals surface area contributed by atoms with Gasteiger partial charge in [0.05, 0.1) is 6.61 Å². The minimum absolute atomic E-state index is 0.337. The van der Waals surface area contributed by atoms with Crippen molar-refractivity contribution >= 4 is 0 Å². The Kier molecular flexibility index (Phi) is 11.2. The van der Waals surface area contributed by atoms with Crippen LogP contribution in [-0.2, 0) is 6.42 Å². The standard InChI is InChI=1S/C32H43NO/c1-4-6-8-10-11-13-31-21-18-30(25-33-31)26(3)27-14-16-28(17-15-27)29-19-22-32(23-20-29)34-24-12-9-7-5-2/h14-23,25-26H,4-13,24H2,1-3H3. The lowest BCUT2D eigenvalue weighted by molar-refractivity contribution is 0.305. The summed E-state index contributed by atoms with van der Waals surface area (Å²) in [7, 11) is 0. The largest absolute Gasteiger partial charge is 0.494 e. The molecule has 0 saturated carbocycles. The van der Waals surface area contributed by atoms with Crippen molar-refractivity contribution in [3.8, 4) is 16.9 Å². The first-order valence-corrected chi connectivity index (χ1v) is 13.5. The molecule has 3 rings (SSSR count). The van der Waals surface area contributed by atoms with Crippen LogP contribution in [0.2, 0.25) is 0 Å². The van der Waals surface area contributed by atoms with E-state index in [1.165, 1.54) is 79.3 Å². The maximum atomic E-state index is 5.88. The SMILES string of the molecule is CCCCCCCc1ccc(C(C)c2ccc(-c3ccc(OCCCCCC)cc3)cc2)cn1. The summed E-state index contributed by atoms with van der Waals surface area (Å²) in [5.74, 6) is 1.30. The minimum Gasteiger partial charge on any atom is -0.494 e. The zero-order chi connectivity index (χ0) is 24.0. The fourth-order valence-electron chi connectivity index (χ4n) is 4.37. The van der Waals surface area contributed by atoms with Gasteiger partial charge in [-0.25, -0.2) is 0 Å². The molecular formula is C32H43NO. The number of rotatable bonds is 15. The Morgan fingerprint density at radius 1 is 0.647 bits per heavy atom. The van der Waals surface area contributed by atoms with Gasteiger partial charge in [0.2, 0.25) is 0 Å². The number of hydrogen-bond acceptors (Lipinski definition) is 2. The molecule has 0 aliphatic carbocycles. The summed E-state index contributed by atoms with van der Waals surface area (Å²) < 4.78 is 5.88. The van der Waals surface area contributed by atoms with Crippen LogP contribution in [0.5, 0.6) is 5.75 Å². The molecule has 0 N–H and O–H groups in total. The Morgan fingerprint density at radius 2 is 1.24 bits per heavy atom. The molecule has 0 amide bonds. The van der Waals surface area contributed by atoms with Gasteiger partial charge in [0.25, 0.3) is 0 Å². The zero-order valence-electron chi connectivity index (χ0n) is 21.6. The van der Waals surface area contributed by atoms with Crippen molar-refractivity contribution in [2.75, 3.05) is 6.61 Å². The number of hydrogen-bond donors (Lipinski definition) is 0. The van der Waals surface area contributed by atoms with Crippen molar-refractivity contribution in [1.82, 2.24) is 4.98 Å². The second-order valence-corrected chi connectivity index (χ2v) is 9.52. The minimum atomic E-state index is 0.337. The number of benzene rings is 2. The van der Waals surface area contributed by atoms with Crippen LogP contribution >= 0.6 is 0 Å². The van der Waals surface area contributed by atoms with Gasteiger partial charge in [-0.3, -0.25) is 4.98 Å². The molecule has 2 nitrogen and oxygen atoms in total. The van der Waals surface area contributed by atoms with E-state index >= 15 is 0 Å². The van der Waals surface area contributed by atoms with Crippen molar-refractivity contribution in [2.24, 2.45) is 0 Å². The van der Waals surface area contributed by atoms with Crippen LogP contribution in [0.4, 0.5) is 0 Å². The highest BCUT2D eigenvalue weighted by Crippen LogP contribution is 2.28. The van der Waals surface area contributed by atoms with Crippen molar-refractivity contribution in [2.45, 2.75) is 90.9 Å². The van der Waals surface area contributed by atoms with Crippen molar-refractivity contribution in [1.29, 1.82) is 0 Å². The second kappa shape index (κ2) is 14.6. The average molecular weight is 458 g/mol. The molecule has 182 valence electrons. The normalized spacial score (nSPS) is 12.0. The van der Waals surface area contributed by atoms with Crippen LogP contribution in [-0.4, -0.2) is 11.6 Å². The monoisotopic (exact) mass is 457 g/mol. The van der Waals surface area contributed by atoms with Crippen LogP contribution in [0.15, 0.2) is 66.9 Å². The lowest BCUT2D eigenvalue weighted by Gasteiger charge is -2.14. The number of nitrogens with zero attached hydrogens (tertiary/aromatic N) is 1. The highest BCUT2D eigenvalue weighted by molar-refractivity contribution is 5.64. The van der Waals surface area contributed by atoms with Crippen molar-refractivity contribution in [3.05, 3.63) is 83.7 Å². The quantitative estimate of drug-likeness (QED) is 0.212. The first-order chi connectivity index (χ1) is 16.7. The maximum absolute atomic E-state index is 5.88. The number of unbranched alkanes of at least 4 members (excludes halogenated alkanes) is 7. The first kappa shape index (κ1) is 26.0. The van der Waals surface area contributed by atoms with E-state index in [0.717, 1.165) is 25.2 Å². The molecule has 1 heterocycles.